The predicted octanol–water partition coefficient (Wildman–Crippen LogP) is 4.45. The van der Waals surface area contributed by atoms with Gasteiger partial charge in [0.15, 0.2) is 0 Å². The topological polar surface area (TPSA) is 75.6 Å². The van der Waals surface area contributed by atoms with Gasteiger partial charge in [0.2, 0.25) is 0 Å². The lowest BCUT2D eigenvalue weighted by Crippen LogP contribution is -2.42. The first-order chi connectivity index (χ1) is 14.0. The van der Waals surface area contributed by atoms with E-state index in [1.807, 2.05) is 48.5 Å². The van der Waals surface area contributed by atoms with Crippen molar-refractivity contribution in [3.63, 3.8) is 0 Å². The lowest BCUT2D eigenvalue weighted by molar-refractivity contribution is -0.139. The van der Waals surface area contributed by atoms with Crippen LogP contribution in [0.2, 0.25) is 0 Å². The van der Waals surface area contributed by atoms with Crippen LogP contribution in [-0.2, 0) is 17.8 Å². The zero-order chi connectivity index (χ0) is 20.6. The highest BCUT2D eigenvalue weighted by Crippen LogP contribution is 2.17. The van der Waals surface area contributed by atoms with Crippen LogP contribution < -0.4 is 10.1 Å². The van der Waals surface area contributed by atoms with Gasteiger partial charge in [0.05, 0.1) is 0 Å². The van der Waals surface area contributed by atoms with Crippen molar-refractivity contribution in [3.8, 4) is 5.75 Å². The van der Waals surface area contributed by atoms with Crippen molar-refractivity contribution in [3.05, 3.63) is 100 Å². The molecule has 29 heavy (non-hydrogen) atoms. The van der Waals surface area contributed by atoms with Gasteiger partial charge in [0.25, 0.3) is 5.91 Å². The first kappa shape index (κ1) is 20.6. The molecule has 0 aliphatic carbocycles. The number of amides is 1. The average molecular weight is 454 g/mol. The number of benzene rings is 3. The predicted molar refractivity (Wildman–Crippen MR) is 114 cm³/mol. The summed E-state index contributed by atoms with van der Waals surface area (Å²) < 4.78 is 6.55. The third-order valence-electron chi connectivity index (χ3n) is 4.28. The van der Waals surface area contributed by atoms with Gasteiger partial charge in [-0.1, -0.05) is 64.5 Å². The third kappa shape index (κ3) is 6.19. The Bertz CT molecular complexity index is 991. The summed E-state index contributed by atoms with van der Waals surface area (Å²) in [4.78, 5) is 24.1. The molecule has 0 saturated heterocycles. The van der Waals surface area contributed by atoms with E-state index in [1.165, 1.54) is 0 Å². The highest BCUT2D eigenvalue weighted by molar-refractivity contribution is 9.10. The standard InChI is InChI=1S/C23H20BrNO4/c24-19-10-5-9-18(14-19)22(26)25-21(23(27)28)13-17-8-4-11-20(12-17)29-15-16-6-2-1-3-7-16/h1-12,14,21H,13,15H2,(H,25,26)(H,27,28)/t21-/m0/s1. The number of carboxylic acid groups (broad SMARTS) is 1. The van der Waals surface area contributed by atoms with E-state index < -0.39 is 17.9 Å². The molecule has 0 spiro atoms. The Labute approximate surface area is 177 Å². The van der Waals surface area contributed by atoms with E-state index in [1.54, 1.807) is 30.3 Å². The first-order valence-electron chi connectivity index (χ1n) is 9.06. The first-order valence-corrected chi connectivity index (χ1v) is 9.85. The van der Waals surface area contributed by atoms with Crippen LogP contribution in [-0.4, -0.2) is 23.0 Å². The maximum atomic E-state index is 12.4. The Kier molecular flexibility index (Phi) is 7.03. The van der Waals surface area contributed by atoms with Crippen molar-refractivity contribution in [2.75, 3.05) is 0 Å². The summed E-state index contributed by atoms with van der Waals surface area (Å²) in [5, 5.41) is 12.1. The van der Waals surface area contributed by atoms with E-state index in [0.29, 0.717) is 17.9 Å². The van der Waals surface area contributed by atoms with E-state index in [4.69, 9.17) is 4.74 Å². The highest BCUT2D eigenvalue weighted by atomic mass is 79.9. The minimum Gasteiger partial charge on any atom is -0.489 e. The summed E-state index contributed by atoms with van der Waals surface area (Å²) in [5.41, 5.74) is 2.20. The van der Waals surface area contributed by atoms with Crippen molar-refractivity contribution in [2.45, 2.75) is 19.1 Å². The fourth-order valence-electron chi connectivity index (χ4n) is 2.81. The maximum Gasteiger partial charge on any atom is 0.326 e. The molecule has 0 saturated carbocycles. The molecule has 148 valence electrons. The minimum atomic E-state index is -1.09. The van der Waals surface area contributed by atoms with E-state index >= 15 is 0 Å². The van der Waals surface area contributed by atoms with Gasteiger partial charge in [0, 0.05) is 16.5 Å². The molecule has 0 bridgehead atoms. The van der Waals surface area contributed by atoms with E-state index in [9.17, 15) is 14.7 Å². The molecule has 5 nitrogen and oxygen atoms in total. The van der Waals surface area contributed by atoms with Crippen LogP contribution in [0.1, 0.15) is 21.5 Å². The number of rotatable bonds is 8. The molecule has 0 aliphatic heterocycles. The van der Waals surface area contributed by atoms with Crippen LogP contribution in [0, 0.1) is 0 Å². The van der Waals surface area contributed by atoms with Gasteiger partial charge in [-0.3, -0.25) is 4.79 Å². The molecule has 3 rings (SSSR count). The molecule has 0 fully saturated rings. The van der Waals surface area contributed by atoms with Gasteiger partial charge >= 0.3 is 5.97 Å². The molecule has 3 aromatic rings. The number of aliphatic carboxylic acids is 1. The second kappa shape index (κ2) is 9.89. The van der Waals surface area contributed by atoms with Gasteiger partial charge in [-0.25, -0.2) is 4.79 Å². The van der Waals surface area contributed by atoms with Crippen LogP contribution in [0.5, 0.6) is 5.75 Å². The minimum absolute atomic E-state index is 0.150. The SMILES string of the molecule is O=C(N[C@@H](Cc1cccc(OCc2ccccc2)c1)C(=O)O)c1cccc(Br)c1. The largest absolute Gasteiger partial charge is 0.489 e. The monoisotopic (exact) mass is 453 g/mol. The average Bonchev–Trinajstić information content (AvgIpc) is 2.73. The summed E-state index contributed by atoms with van der Waals surface area (Å²) in [6.07, 6.45) is 0.150. The summed E-state index contributed by atoms with van der Waals surface area (Å²) in [6.45, 7) is 0.423. The normalized spacial score (nSPS) is 11.5. The second-order valence-corrected chi connectivity index (χ2v) is 7.42. The number of carboxylic acids is 1. The molecule has 0 unspecified atom stereocenters. The molecule has 1 atom stereocenters. The van der Waals surface area contributed by atoms with Crippen molar-refractivity contribution in [2.24, 2.45) is 0 Å². The van der Waals surface area contributed by atoms with Crippen molar-refractivity contribution < 1.29 is 19.4 Å². The number of nitrogens with one attached hydrogen (secondary N) is 1. The molecule has 0 heterocycles. The molecule has 1 amide bonds. The van der Waals surface area contributed by atoms with Gasteiger partial charge in [-0.05, 0) is 41.5 Å². The fraction of sp³-hybridized carbons (Fsp3) is 0.130. The van der Waals surface area contributed by atoms with E-state index in [2.05, 4.69) is 21.2 Å². The molecular weight excluding hydrogens is 434 g/mol. The van der Waals surface area contributed by atoms with Crippen molar-refractivity contribution >= 4 is 27.8 Å². The van der Waals surface area contributed by atoms with Crippen molar-refractivity contribution in [1.82, 2.24) is 5.32 Å². The molecule has 0 aromatic heterocycles. The van der Waals surface area contributed by atoms with Gasteiger partial charge in [0.1, 0.15) is 18.4 Å². The lowest BCUT2D eigenvalue weighted by atomic mass is 10.0. The van der Waals surface area contributed by atoms with E-state index in [0.717, 1.165) is 15.6 Å². The number of hydrogen-bond donors (Lipinski definition) is 2. The number of halogens is 1. The Hall–Kier alpha value is -3.12. The van der Waals surface area contributed by atoms with Crippen LogP contribution in [0.15, 0.2) is 83.3 Å². The summed E-state index contributed by atoms with van der Waals surface area (Å²) in [5.74, 6) is -0.882. The van der Waals surface area contributed by atoms with Crippen LogP contribution >= 0.6 is 15.9 Å². The molecule has 3 aromatic carbocycles. The second-order valence-electron chi connectivity index (χ2n) is 6.50. The Morgan fingerprint density at radius 1 is 0.931 bits per heavy atom. The quantitative estimate of drug-likeness (QED) is 0.527. The van der Waals surface area contributed by atoms with Crippen molar-refractivity contribution in [1.29, 1.82) is 0 Å². The maximum absolute atomic E-state index is 12.4. The van der Waals surface area contributed by atoms with Crippen LogP contribution in [0.3, 0.4) is 0 Å². The van der Waals surface area contributed by atoms with Gasteiger partial charge in [-0.2, -0.15) is 0 Å². The number of ether oxygens (including phenoxy) is 1. The summed E-state index contributed by atoms with van der Waals surface area (Å²) in [7, 11) is 0. The summed E-state index contributed by atoms with van der Waals surface area (Å²) >= 11 is 3.31. The number of carbonyl (C=O) groups is 2. The summed E-state index contributed by atoms with van der Waals surface area (Å²) in [6, 6.07) is 22.8. The van der Waals surface area contributed by atoms with Gasteiger partial charge in [-0.15, -0.1) is 0 Å². The number of hydrogen-bond acceptors (Lipinski definition) is 3. The lowest BCUT2D eigenvalue weighted by Gasteiger charge is -2.15. The van der Waals surface area contributed by atoms with E-state index in [-0.39, 0.29) is 6.42 Å². The van der Waals surface area contributed by atoms with Crippen LogP contribution in [0.4, 0.5) is 0 Å². The fourth-order valence-corrected chi connectivity index (χ4v) is 3.21. The molecular formula is C23H20BrNO4. The third-order valence-corrected chi connectivity index (χ3v) is 4.77. The smallest absolute Gasteiger partial charge is 0.326 e. The highest BCUT2D eigenvalue weighted by Gasteiger charge is 2.21. The Morgan fingerprint density at radius 2 is 1.66 bits per heavy atom. The molecule has 0 aliphatic rings. The van der Waals surface area contributed by atoms with Gasteiger partial charge < -0.3 is 15.2 Å². The Balaban J connectivity index is 1.65. The Morgan fingerprint density at radius 3 is 2.38 bits per heavy atom. The molecule has 0 radical (unpaired) electrons. The number of carbonyl (C=O) groups excluding carboxylic acids is 1. The zero-order valence-electron chi connectivity index (χ0n) is 15.5. The van der Waals surface area contributed by atoms with Crippen LogP contribution in [0.25, 0.3) is 0 Å². The zero-order valence-corrected chi connectivity index (χ0v) is 17.1. The molecule has 2 N–H and O–H groups in total. The molecule has 6 heteroatoms.